The Morgan fingerprint density at radius 3 is 2.61 bits per heavy atom. The molecule has 0 spiro atoms. The summed E-state index contributed by atoms with van der Waals surface area (Å²) in [6.07, 6.45) is 3.36. The lowest BCUT2D eigenvalue weighted by Gasteiger charge is -2.23. The molecule has 28 heavy (non-hydrogen) atoms. The molecule has 0 saturated carbocycles. The molecule has 6 heteroatoms. The van der Waals surface area contributed by atoms with Gasteiger partial charge in [-0.25, -0.2) is 0 Å². The monoisotopic (exact) mass is 376 g/mol. The van der Waals surface area contributed by atoms with E-state index in [-0.39, 0.29) is 11.9 Å². The van der Waals surface area contributed by atoms with Crippen molar-refractivity contribution in [1.82, 2.24) is 10.6 Å². The highest BCUT2D eigenvalue weighted by Gasteiger charge is 2.23. The second-order valence-electron chi connectivity index (χ2n) is 7.04. The van der Waals surface area contributed by atoms with Gasteiger partial charge in [0.25, 0.3) is 0 Å². The number of amides is 2. The second-order valence-corrected chi connectivity index (χ2v) is 7.04. The highest BCUT2D eigenvalue weighted by atomic mass is 16.2. The number of nitrogens with one attached hydrogen (secondary N) is 2. The minimum Gasteiger partial charge on any atom is -0.366 e. The fourth-order valence-corrected chi connectivity index (χ4v) is 3.40. The fraction of sp³-hybridized carbons (Fsp3) is 0.318. The van der Waals surface area contributed by atoms with Crippen LogP contribution in [-0.4, -0.2) is 30.4 Å². The van der Waals surface area contributed by atoms with E-state index >= 15 is 0 Å². The molecule has 0 aliphatic carbocycles. The first kappa shape index (κ1) is 19.6. The number of nitriles is 1. The molecule has 0 radical (unpaired) electrons. The van der Waals surface area contributed by atoms with Gasteiger partial charge in [0.2, 0.25) is 11.8 Å². The molecule has 0 aromatic heterocycles. The van der Waals surface area contributed by atoms with Crippen LogP contribution in [0.1, 0.15) is 35.2 Å². The molecular formula is C22H24N4O2. The lowest BCUT2D eigenvalue weighted by atomic mass is 9.99. The summed E-state index contributed by atoms with van der Waals surface area (Å²) >= 11 is 0. The van der Waals surface area contributed by atoms with Crippen molar-refractivity contribution >= 4 is 11.8 Å². The number of piperidine rings is 1. The Balaban J connectivity index is 1.64. The molecule has 1 aliphatic heterocycles. The van der Waals surface area contributed by atoms with Gasteiger partial charge in [-0.2, -0.15) is 5.26 Å². The summed E-state index contributed by atoms with van der Waals surface area (Å²) in [6.45, 7) is 0.841. The average molecular weight is 376 g/mol. The average Bonchev–Trinajstić information content (AvgIpc) is 2.74. The summed E-state index contributed by atoms with van der Waals surface area (Å²) < 4.78 is 0. The van der Waals surface area contributed by atoms with E-state index in [0.29, 0.717) is 12.0 Å². The molecule has 1 fully saturated rings. The molecule has 2 atom stereocenters. The molecule has 1 aliphatic rings. The van der Waals surface area contributed by atoms with E-state index in [0.717, 1.165) is 42.5 Å². The lowest BCUT2D eigenvalue weighted by molar-refractivity contribution is -0.124. The van der Waals surface area contributed by atoms with Crippen LogP contribution in [-0.2, 0) is 11.2 Å². The molecule has 4 N–H and O–H groups in total. The molecule has 1 heterocycles. The van der Waals surface area contributed by atoms with Gasteiger partial charge in [-0.1, -0.05) is 42.8 Å². The SMILES string of the molecule is N#C[C@H](Cc1ccc(-c2cccc(C(N)=O)c2)cc1)NC(=O)[C@@H]1CCCCN1. The largest absolute Gasteiger partial charge is 0.366 e. The van der Waals surface area contributed by atoms with E-state index in [9.17, 15) is 14.9 Å². The number of carbonyl (C=O) groups excluding carboxylic acids is 2. The van der Waals surface area contributed by atoms with Gasteiger partial charge in [0.15, 0.2) is 0 Å². The third-order valence-corrected chi connectivity index (χ3v) is 4.97. The van der Waals surface area contributed by atoms with Crippen molar-refractivity contribution < 1.29 is 9.59 Å². The van der Waals surface area contributed by atoms with Gasteiger partial charge in [0.1, 0.15) is 6.04 Å². The number of rotatable bonds is 6. The van der Waals surface area contributed by atoms with E-state index in [1.165, 1.54) is 0 Å². The molecule has 0 bridgehead atoms. The Labute approximate surface area is 164 Å². The van der Waals surface area contributed by atoms with Crippen LogP contribution in [0.15, 0.2) is 48.5 Å². The van der Waals surface area contributed by atoms with Gasteiger partial charge in [-0.3, -0.25) is 9.59 Å². The van der Waals surface area contributed by atoms with E-state index in [1.807, 2.05) is 30.3 Å². The maximum atomic E-state index is 12.3. The zero-order valence-electron chi connectivity index (χ0n) is 15.7. The number of carbonyl (C=O) groups is 2. The van der Waals surface area contributed by atoms with Crippen LogP contribution in [0.2, 0.25) is 0 Å². The number of benzene rings is 2. The Morgan fingerprint density at radius 2 is 1.96 bits per heavy atom. The maximum Gasteiger partial charge on any atom is 0.248 e. The van der Waals surface area contributed by atoms with Gasteiger partial charge in [0.05, 0.1) is 12.1 Å². The quantitative estimate of drug-likeness (QED) is 0.718. The van der Waals surface area contributed by atoms with Crippen molar-refractivity contribution in [3.05, 3.63) is 59.7 Å². The second kappa shape index (κ2) is 9.16. The number of nitrogens with two attached hydrogens (primary N) is 1. The third kappa shape index (κ3) is 4.96. The van der Waals surface area contributed by atoms with E-state index < -0.39 is 11.9 Å². The molecule has 2 aromatic carbocycles. The molecule has 2 aromatic rings. The highest BCUT2D eigenvalue weighted by Crippen LogP contribution is 2.21. The molecule has 1 saturated heterocycles. The van der Waals surface area contributed by atoms with Crippen molar-refractivity contribution in [2.75, 3.05) is 6.54 Å². The van der Waals surface area contributed by atoms with E-state index in [1.54, 1.807) is 18.2 Å². The third-order valence-electron chi connectivity index (χ3n) is 4.97. The lowest BCUT2D eigenvalue weighted by Crippen LogP contribution is -2.49. The first-order valence-electron chi connectivity index (χ1n) is 9.49. The van der Waals surface area contributed by atoms with Gasteiger partial charge >= 0.3 is 0 Å². The Kier molecular flexibility index (Phi) is 6.41. The standard InChI is InChI=1S/C22H24N4O2/c23-14-19(26-22(28)20-6-1-2-11-25-20)12-15-7-9-16(10-8-15)17-4-3-5-18(13-17)21(24)27/h3-5,7-10,13,19-20,25H,1-2,6,11-12H2,(H2,24,27)(H,26,28)/t19-,20-/m0/s1. The smallest absolute Gasteiger partial charge is 0.248 e. The first-order chi connectivity index (χ1) is 13.6. The topological polar surface area (TPSA) is 108 Å². The molecular weight excluding hydrogens is 352 g/mol. The predicted molar refractivity (Wildman–Crippen MR) is 107 cm³/mol. The van der Waals surface area contributed by atoms with Crippen molar-refractivity contribution in [1.29, 1.82) is 5.26 Å². The van der Waals surface area contributed by atoms with Crippen LogP contribution in [0.3, 0.4) is 0 Å². The molecule has 3 rings (SSSR count). The zero-order valence-corrected chi connectivity index (χ0v) is 15.7. The molecule has 144 valence electrons. The van der Waals surface area contributed by atoms with Gasteiger partial charge in [-0.05, 0) is 48.2 Å². The van der Waals surface area contributed by atoms with Crippen LogP contribution in [0.25, 0.3) is 11.1 Å². The van der Waals surface area contributed by atoms with E-state index in [2.05, 4.69) is 16.7 Å². The Bertz CT molecular complexity index is 880. The van der Waals surface area contributed by atoms with Crippen molar-refractivity contribution in [2.45, 2.75) is 37.8 Å². The van der Waals surface area contributed by atoms with Crippen LogP contribution in [0, 0.1) is 11.3 Å². The Morgan fingerprint density at radius 1 is 1.18 bits per heavy atom. The van der Waals surface area contributed by atoms with Gasteiger partial charge in [-0.15, -0.1) is 0 Å². The van der Waals surface area contributed by atoms with Crippen LogP contribution in [0.5, 0.6) is 0 Å². The minimum atomic E-state index is -0.569. The maximum absolute atomic E-state index is 12.3. The fourth-order valence-electron chi connectivity index (χ4n) is 3.40. The summed E-state index contributed by atoms with van der Waals surface area (Å²) in [6, 6.07) is 16.3. The summed E-state index contributed by atoms with van der Waals surface area (Å²) in [4.78, 5) is 23.7. The van der Waals surface area contributed by atoms with Crippen molar-refractivity contribution in [3.8, 4) is 17.2 Å². The van der Waals surface area contributed by atoms with Gasteiger partial charge < -0.3 is 16.4 Å². The first-order valence-corrected chi connectivity index (χ1v) is 9.49. The summed E-state index contributed by atoms with van der Waals surface area (Å²) in [5.74, 6) is -0.565. The predicted octanol–water partition coefficient (Wildman–Crippen LogP) is 2.15. The highest BCUT2D eigenvalue weighted by molar-refractivity contribution is 5.94. The Hall–Kier alpha value is -3.17. The van der Waals surface area contributed by atoms with Crippen LogP contribution < -0.4 is 16.4 Å². The number of nitrogens with zero attached hydrogens (tertiary/aromatic N) is 1. The van der Waals surface area contributed by atoms with Crippen LogP contribution >= 0.6 is 0 Å². The van der Waals surface area contributed by atoms with Crippen molar-refractivity contribution in [3.63, 3.8) is 0 Å². The summed E-state index contributed by atoms with van der Waals surface area (Å²) in [5, 5.41) is 15.5. The number of primary amides is 1. The van der Waals surface area contributed by atoms with E-state index in [4.69, 9.17) is 5.73 Å². The minimum absolute atomic E-state index is 0.105. The molecule has 6 nitrogen and oxygen atoms in total. The number of hydrogen-bond acceptors (Lipinski definition) is 4. The normalized spacial score (nSPS) is 17.3. The van der Waals surface area contributed by atoms with Crippen LogP contribution in [0.4, 0.5) is 0 Å². The summed E-state index contributed by atoms with van der Waals surface area (Å²) in [7, 11) is 0. The molecule has 0 unspecified atom stereocenters. The van der Waals surface area contributed by atoms with Gasteiger partial charge in [0, 0.05) is 12.0 Å². The molecule has 2 amide bonds. The summed E-state index contributed by atoms with van der Waals surface area (Å²) in [5.41, 5.74) is 8.61. The number of hydrogen-bond donors (Lipinski definition) is 3. The van der Waals surface area contributed by atoms with Crippen molar-refractivity contribution in [2.24, 2.45) is 5.73 Å². The zero-order chi connectivity index (χ0) is 19.9.